The predicted octanol–water partition coefficient (Wildman–Crippen LogP) is 0.824. The number of ether oxygens (including phenoxy) is 2. The lowest BCUT2D eigenvalue weighted by molar-refractivity contribution is -0.175. The van der Waals surface area contributed by atoms with Gasteiger partial charge < -0.3 is 20.5 Å². The van der Waals surface area contributed by atoms with E-state index in [-0.39, 0.29) is 18.4 Å². The van der Waals surface area contributed by atoms with Crippen LogP contribution in [0.1, 0.15) is 19.8 Å². The van der Waals surface area contributed by atoms with Crippen molar-refractivity contribution in [2.75, 3.05) is 26.4 Å². The molecule has 1 amide bonds. The number of carbonyl (C=O) groups excluding carboxylic acids is 1. The van der Waals surface area contributed by atoms with Gasteiger partial charge in [0.05, 0.1) is 12.6 Å². The SMILES string of the molecule is CC(COCC(F)(F)F)NC(=O)C(N)C1CCOCC1. The van der Waals surface area contributed by atoms with Crippen LogP contribution in [0.4, 0.5) is 13.2 Å². The monoisotopic (exact) mass is 298 g/mol. The van der Waals surface area contributed by atoms with Gasteiger partial charge in [0.15, 0.2) is 0 Å². The second kappa shape index (κ2) is 7.80. The van der Waals surface area contributed by atoms with Gasteiger partial charge in [-0.05, 0) is 25.7 Å². The molecule has 5 nitrogen and oxygen atoms in total. The zero-order chi connectivity index (χ0) is 15.2. The molecule has 118 valence electrons. The van der Waals surface area contributed by atoms with E-state index < -0.39 is 24.9 Å². The molecule has 0 aromatic heterocycles. The van der Waals surface area contributed by atoms with Crippen LogP contribution in [0.3, 0.4) is 0 Å². The number of rotatable bonds is 6. The zero-order valence-electron chi connectivity index (χ0n) is 11.4. The molecule has 1 rings (SSSR count). The lowest BCUT2D eigenvalue weighted by Crippen LogP contribution is -2.50. The number of halogens is 3. The molecule has 0 aromatic carbocycles. The Labute approximate surface area is 116 Å². The highest BCUT2D eigenvalue weighted by Gasteiger charge is 2.29. The van der Waals surface area contributed by atoms with E-state index in [0.717, 1.165) is 0 Å². The smallest absolute Gasteiger partial charge is 0.381 e. The van der Waals surface area contributed by atoms with Crippen LogP contribution in [-0.4, -0.2) is 50.6 Å². The van der Waals surface area contributed by atoms with Gasteiger partial charge in [-0.15, -0.1) is 0 Å². The van der Waals surface area contributed by atoms with E-state index in [2.05, 4.69) is 10.1 Å². The molecule has 0 saturated carbocycles. The number of alkyl halides is 3. The van der Waals surface area contributed by atoms with E-state index in [0.29, 0.717) is 26.1 Å². The summed E-state index contributed by atoms with van der Waals surface area (Å²) in [6, 6.07) is -1.18. The van der Waals surface area contributed by atoms with Crippen LogP contribution < -0.4 is 11.1 Å². The molecule has 1 heterocycles. The Morgan fingerprint density at radius 1 is 1.45 bits per heavy atom. The largest absolute Gasteiger partial charge is 0.411 e. The quantitative estimate of drug-likeness (QED) is 0.761. The van der Waals surface area contributed by atoms with Gasteiger partial charge in [0.2, 0.25) is 5.91 Å². The van der Waals surface area contributed by atoms with Crippen molar-refractivity contribution in [2.24, 2.45) is 11.7 Å². The van der Waals surface area contributed by atoms with Crippen molar-refractivity contribution in [3.63, 3.8) is 0 Å². The fourth-order valence-corrected chi connectivity index (χ4v) is 2.02. The highest BCUT2D eigenvalue weighted by molar-refractivity contribution is 5.82. The fraction of sp³-hybridized carbons (Fsp3) is 0.917. The van der Waals surface area contributed by atoms with Gasteiger partial charge in [-0.2, -0.15) is 13.2 Å². The molecule has 1 fully saturated rings. The molecule has 0 aliphatic carbocycles. The van der Waals surface area contributed by atoms with Gasteiger partial charge in [0, 0.05) is 19.3 Å². The first kappa shape index (κ1) is 17.2. The Balaban J connectivity index is 2.26. The Morgan fingerprint density at radius 2 is 2.05 bits per heavy atom. The van der Waals surface area contributed by atoms with E-state index in [1.165, 1.54) is 0 Å². The summed E-state index contributed by atoms with van der Waals surface area (Å²) in [4.78, 5) is 11.9. The number of nitrogens with two attached hydrogens (primary N) is 1. The first-order chi connectivity index (χ1) is 9.29. The van der Waals surface area contributed by atoms with Crippen molar-refractivity contribution >= 4 is 5.91 Å². The number of hydrogen-bond acceptors (Lipinski definition) is 4. The van der Waals surface area contributed by atoms with E-state index >= 15 is 0 Å². The molecule has 3 N–H and O–H groups in total. The maximum absolute atomic E-state index is 11.9. The Morgan fingerprint density at radius 3 is 2.60 bits per heavy atom. The molecule has 20 heavy (non-hydrogen) atoms. The first-order valence-electron chi connectivity index (χ1n) is 6.58. The van der Waals surface area contributed by atoms with E-state index in [1.54, 1.807) is 6.92 Å². The van der Waals surface area contributed by atoms with Crippen LogP contribution in [0.5, 0.6) is 0 Å². The van der Waals surface area contributed by atoms with Gasteiger partial charge in [-0.1, -0.05) is 0 Å². The molecule has 1 aliphatic rings. The fourth-order valence-electron chi connectivity index (χ4n) is 2.02. The number of hydrogen-bond donors (Lipinski definition) is 2. The predicted molar refractivity (Wildman–Crippen MR) is 66.0 cm³/mol. The highest BCUT2D eigenvalue weighted by atomic mass is 19.4. The third kappa shape index (κ3) is 6.53. The lowest BCUT2D eigenvalue weighted by Gasteiger charge is -2.27. The average molecular weight is 298 g/mol. The van der Waals surface area contributed by atoms with E-state index in [1.807, 2.05) is 0 Å². The first-order valence-corrected chi connectivity index (χ1v) is 6.58. The number of amides is 1. The van der Waals surface area contributed by atoms with Gasteiger partial charge >= 0.3 is 6.18 Å². The summed E-state index contributed by atoms with van der Waals surface area (Å²) in [6.07, 6.45) is -2.93. The standard InChI is InChI=1S/C12H21F3N2O3/c1-8(6-20-7-12(13,14)15)17-11(18)10(16)9-2-4-19-5-3-9/h8-10H,2-7,16H2,1H3,(H,17,18). The summed E-state index contributed by atoms with van der Waals surface area (Å²) < 4.78 is 45.4. The van der Waals surface area contributed by atoms with Gasteiger partial charge in [0.1, 0.15) is 6.61 Å². The summed E-state index contributed by atoms with van der Waals surface area (Å²) in [5, 5.41) is 2.57. The van der Waals surface area contributed by atoms with Crippen LogP contribution >= 0.6 is 0 Å². The lowest BCUT2D eigenvalue weighted by atomic mass is 9.92. The maximum atomic E-state index is 11.9. The van der Waals surface area contributed by atoms with Gasteiger partial charge in [0.25, 0.3) is 0 Å². The van der Waals surface area contributed by atoms with E-state index in [4.69, 9.17) is 10.5 Å². The molecular formula is C12H21F3N2O3. The summed E-state index contributed by atoms with van der Waals surface area (Å²) in [5.41, 5.74) is 5.85. The summed E-state index contributed by atoms with van der Waals surface area (Å²) >= 11 is 0. The molecule has 2 unspecified atom stereocenters. The summed E-state index contributed by atoms with van der Waals surface area (Å²) in [7, 11) is 0. The normalized spacial score (nSPS) is 20.4. The Hall–Kier alpha value is -0.860. The van der Waals surface area contributed by atoms with Crippen LogP contribution in [0, 0.1) is 5.92 Å². The van der Waals surface area contributed by atoms with Crippen LogP contribution in [-0.2, 0) is 14.3 Å². The second-order valence-corrected chi connectivity index (χ2v) is 5.02. The van der Waals surface area contributed by atoms with E-state index in [9.17, 15) is 18.0 Å². The van der Waals surface area contributed by atoms with Gasteiger partial charge in [-0.3, -0.25) is 4.79 Å². The molecule has 1 saturated heterocycles. The molecule has 8 heteroatoms. The average Bonchev–Trinajstić information content (AvgIpc) is 2.37. The van der Waals surface area contributed by atoms with Gasteiger partial charge in [-0.25, -0.2) is 0 Å². The van der Waals surface area contributed by atoms with Crippen molar-refractivity contribution in [3.8, 4) is 0 Å². The highest BCUT2D eigenvalue weighted by Crippen LogP contribution is 2.18. The minimum absolute atomic E-state index is 0.0482. The van der Waals surface area contributed by atoms with Crippen molar-refractivity contribution in [1.82, 2.24) is 5.32 Å². The maximum Gasteiger partial charge on any atom is 0.411 e. The Kier molecular flexibility index (Phi) is 6.70. The molecule has 1 aliphatic heterocycles. The van der Waals surface area contributed by atoms with Crippen LogP contribution in [0.15, 0.2) is 0 Å². The number of carbonyl (C=O) groups is 1. The molecule has 0 radical (unpaired) electrons. The Bertz CT molecular complexity index is 307. The number of nitrogens with one attached hydrogen (secondary N) is 1. The summed E-state index contributed by atoms with van der Waals surface area (Å²) in [5.74, 6) is -0.313. The topological polar surface area (TPSA) is 73.6 Å². The molecular weight excluding hydrogens is 277 g/mol. The third-order valence-corrected chi connectivity index (χ3v) is 3.10. The second-order valence-electron chi connectivity index (χ2n) is 5.02. The third-order valence-electron chi connectivity index (χ3n) is 3.10. The molecule has 0 aromatic rings. The van der Waals surface area contributed by atoms with Crippen molar-refractivity contribution in [1.29, 1.82) is 0 Å². The van der Waals surface area contributed by atoms with Crippen LogP contribution in [0.25, 0.3) is 0 Å². The molecule has 2 atom stereocenters. The minimum Gasteiger partial charge on any atom is -0.381 e. The van der Waals surface area contributed by atoms with Crippen molar-refractivity contribution in [3.05, 3.63) is 0 Å². The van der Waals surface area contributed by atoms with Crippen LogP contribution in [0.2, 0.25) is 0 Å². The summed E-state index contributed by atoms with van der Waals surface area (Å²) in [6.45, 7) is 1.21. The zero-order valence-corrected chi connectivity index (χ0v) is 11.4. The molecule has 0 spiro atoms. The van der Waals surface area contributed by atoms with Crippen molar-refractivity contribution in [2.45, 2.75) is 38.0 Å². The minimum atomic E-state index is -4.36. The molecule has 0 bridgehead atoms. The van der Waals surface area contributed by atoms with Crippen molar-refractivity contribution < 1.29 is 27.4 Å².